The van der Waals surface area contributed by atoms with Crippen LogP contribution in [-0.4, -0.2) is 189 Å². The van der Waals surface area contributed by atoms with Gasteiger partial charge in [0.25, 0.3) is 0 Å². The molecule has 0 fully saturated rings. The Hall–Kier alpha value is -0.570. The van der Waals surface area contributed by atoms with Gasteiger partial charge in [0.05, 0.1) is 178 Å². The van der Waals surface area contributed by atoms with Crippen molar-refractivity contribution in [3.05, 3.63) is 0 Å². The van der Waals surface area contributed by atoms with Crippen LogP contribution in [0.3, 0.4) is 0 Å². The minimum atomic E-state index is -0.475. The summed E-state index contributed by atoms with van der Waals surface area (Å²) in [5, 5.41) is 0.834. The van der Waals surface area contributed by atoms with Gasteiger partial charge in [0, 0.05) is 5.33 Å². The maximum atomic E-state index is 11.6. The zero-order chi connectivity index (χ0) is 35.8. The van der Waals surface area contributed by atoms with Crippen LogP contribution in [0.25, 0.3) is 0 Å². The fraction of sp³-hybridized carbons (Fsp3) is 0.970. The fourth-order valence-corrected chi connectivity index (χ4v) is 3.57. The van der Waals surface area contributed by atoms with Crippen LogP contribution in [0.4, 0.5) is 0 Å². The molecule has 0 saturated heterocycles. The molecule has 294 valence electrons. The highest BCUT2D eigenvalue weighted by atomic mass is 79.9. The standard InChI is InChI=1S/C33H65BrO15/c1-33(2,3)49-32(35)4-6-36-8-10-38-12-14-40-16-18-42-20-22-44-24-26-46-28-30-48-31-29-47-27-25-45-23-21-43-19-17-41-15-13-39-11-9-37-7-5-34/h4-31H2,1-3H3. The first-order chi connectivity index (χ1) is 24.0. The lowest BCUT2D eigenvalue weighted by molar-refractivity contribution is -0.156. The van der Waals surface area contributed by atoms with Crippen molar-refractivity contribution in [2.75, 3.05) is 177 Å². The molecule has 0 aromatic carbocycles. The third-order valence-electron chi connectivity index (χ3n) is 5.56. The Morgan fingerprint density at radius 2 is 0.531 bits per heavy atom. The second-order valence-electron chi connectivity index (χ2n) is 11.0. The van der Waals surface area contributed by atoms with Crippen LogP contribution in [-0.2, 0) is 71.1 Å². The van der Waals surface area contributed by atoms with Crippen molar-refractivity contribution in [2.45, 2.75) is 32.8 Å². The van der Waals surface area contributed by atoms with E-state index in [1.807, 2.05) is 20.8 Å². The molecule has 49 heavy (non-hydrogen) atoms. The first-order valence-corrected chi connectivity index (χ1v) is 18.4. The van der Waals surface area contributed by atoms with Gasteiger partial charge in [-0.15, -0.1) is 0 Å². The van der Waals surface area contributed by atoms with Crippen LogP contribution in [0.2, 0.25) is 0 Å². The summed E-state index contributed by atoms with van der Waals surface area (Å²) >= 11 is 3.30. The Morgan fingerprint density at radius 3 is 0.714 bits per heavy atom. The van der Waals surface area contributed by atoms with Crippen molar-refractivity contribution in [3.8, 4) is 0 Å². The topological polar surface area (TPSA) is 146 Å². The Morgan fingerprint density at radius 1 is 0.347 bits per heavy atom. The van der Waals surface area contributed by atoms with Crippen molar-refractivity contribution in [3.63, 3.8) is 0 Å². The molecule has 0 aliphatic carbocycles. The van der Waals surface area contributed by atoms with E-state index in [1.165, 1.54) is 0 Å². The zero-order valence-electron chi connectivity index (χ0n) is 30.3. The molecular weight excluding hydrogens is 716 g/mol. The molecule has 0 rings (SSSR count). The van der Waals surface area contributed by atoms with Gasteiger partial charge < -0.3 is 66.3 Å². The van der Waals surface area contributed by atoms with Gasteiger partial charge in [-0.05, 0) is 20.8 Å². The normalized spacial score (nSPS) is 11.8. The molecule has 0 aliphatic heterocycles. The van der Waals surface area contributed by atoms with E-state index >= 15 is 0 Å². The number of alkyl halides is 1. The predicted molar refractivity (Wildman–Crippen MR) is 185 cm³/mol. The van der Waals surface area contributed by atoms with E-state index in [-0.39, 0.29) is 12.4 Å². The first-order valence-electron chi connectivity index (χ1n) is 17.2. The van der Waals surface area contributed by atoms with Crippen LogP contribution in [0, 0.1) is 0 Å². The summed E-state index contributed by atoms with van der Waals surface area (Å²) in [6.45, 7) is 18.6. The molecule has 0 radical (unpaired) electrons. The quantitative estimate of drug-likeness (QED) is 0.0508. The van der Waals surface area contributed by atoms with Crippen molar-refractivity contribution in [2.24, 2.45) is 0 Å². The van der Waals surface area contributed by atoms with E-state index in [4.69, 9.17) is 66.3 Å². The SMILES string of the molecule is CC(C)(C)OC(=O)CCOCCOCCOCCOCCOCCOCCOCCOCCOCCOCCOCCOCCOCCBr. The lowest BCUT2D eigenvalue weighted by Crippen LogP contribution is -2.24. The van der Waals surface area contributed by atoms with Gasteiger partial charge >= 0.3 is 5.97 Å². The predicted octanol–water partition coefficient (Wildman–Crippen LogP) is 2.33. The maximum absolute atomic E-state index is 11.6. The molecule has 0 spiro atoms. The van der Waals surface area contributed by atoms with Gasteiger partial charge in [-0.2, -0.15) is 0 Å². The number of hydrogen-bond acceptors (Lipinski definition) is 15. The average Bonchev–Trinajstić information content (AvgIpc) is 3.06. The highest BCUT2D eigenvalue weighted by Crippen LogP contribution is 2.08. The molecule has 0 saturated carbocycles. The summed E-state index contributed by atoms with van der Waals surface area (Å²) in [5.74, 6) is -0.266. The Balaban J connectivity index is 3.09. The summed E-state index contributed by atoms with van der Waals surface area (Å²) in [5.41, 5.74) is -0.475. The maximum Gasteiger partial charge on any atom is 0.308 e. The molecule has 0 bridgehead atoms. The van der Waals surface area contributed by atoms with Crippen molar-refractivity contribution in [1.29, 1.82) is 0 Å². The second kappa shape index (κ2) is 40.2. The van der Waals surface area contributed by atoms with Gasteiger partial charge in [-0.3, -0.25) is 4.79 Å². The number of esters is 1. The molecular formula is C33H65BrO15. The molecule has 0 aromatic heterocycles. The van der Waals surface area contributed by atoms with Gasteiger partial charge in [0.2, 0.25) is 0 Å². The number of halogens is 1. The van der Waals surface area contributed by atoms with Crippen LogP contribution in [0.1, 0.15) is 27.2 Å². The lowest BCUT2D eigenvalue weighted by atomic mass is 10.2. The van der Waals surface area contributed by atoms with Gasteiger partial charge in [-0.1, -0.05) is 15.9 Å². The molecule has 0 unspecified atom stereocenters. The number of carbonyl (C=O) groups excluding carboxylic acids is 1. The van der Waals surface area contributed by atoms with Crippen LogP contribution in [0.5, 0.6) is 0 Å². The van der Waals surface area contributed by atoms with Crippen LogP contribution < -0.4 is 0 Å². The number of ether oxygens (including phenoxy) is 14. The first kappa shape index (κ1) is 48.4. The lowest BCUT2D eigenvalue weighted by Gasteiger charge is -2.19. The van der Waals surface area contributed by atoms with Crippen molar-refractivity contribution < 1.29 is 71.1 Å². The van der Waals surface area contributed by atoms with E-state index in [1.54, 1.807) is 0 Å². The number of hydrogen-bond donors (Lipinski definition) is 0. The summed E-state index contributed by atoms with van der Waals surface area (Å²) < 4.78 is 75.9. The molecule has 0 atom stereocenters. The third kappa shape index (κ3) is 45.4. The summed E-state index contributed by atoms with van der Waals surface area (Å²) in [6, 6.07) is 0. The zero-order valence-corrected chi connectivity index (χ0v) is 31.9. The number of rotatable bonds is 41. The smallest absolute Gasteiger partial charge is 0.308 e. The second-order valence-corrected chi connectivity index (χ2v) is 11.8. The molecule has 0 aromatic rings. The molecule has 16 heteroatoms. The number of carbonyl (C=O) groups is 1. The molecule has 0 heterocycles. The van der Waals surface area contributed by atoms with E-state index < -0.39 is 5.60 Å². The molecule has 15 nitrogen and oxygen atoms in total. The largest absolute Gasteiger partial charge is 0.460 e. The fourth-order valence-electron chi connectivity index (χ4n) is 3.34. The Bertz CT molecular complexity index is 658. The van der Waals surface area contributed by atoms with E-state index in [0.29, 0.717) is 172 Å². The molecule has 0 aliphatic rings. The highest BCUT2D eigenvalue weighted by molar-refractivity contribution is 9.09. The van der Waals surface area contributed by atoms with E-state index in [9.17, 15) is 4.79 Å². The monoisotopic (exact) mass is 780 g/mol. The third-order valence-corrected chi connectivity index (χ3v) is 5.88. The summed E-state index contributed by atoms with van der Waals surface area (Å²) in [6.07, 6.45) is 0.231. The van der Waals surface area contributed by atoms with Crippen LogP contribution >= 0.6 is 15.9 Å². The summed E-state index contributed by atoms with van der Waals surface area (Å²) in [4.78, 5) is 11.6. The Kier molecular flexibility index (Phi) is 39.7. The Labute approximate surface area is 302 Å². The highest BCUT2D eigenvalue weighted by Gasteiger charge is 2.15. The minimum absolute atomic E-state index is 0.231. The molecule has 0 N–H and O–H groups in total. The average molecular weight is 782 g/mol. The van der Waals surface area contributed by atoms with E-state index in [0.717, 1.165) is 5.33 Å². The van der Waals surface area contributed by atoms with Gasteiger partial charge in [0.15, 0.2) is 0 Å². The van der Waals surface area contributed by atoms with Gasteiger partial charge in [-0.25, -0.2) is 0 Å². The van der Waals surface area contributed by atoms with Crippen LogP contribution in [0.15, 0.2) is 0 Å². The minimum Gasteiger partial charge on any atom is -0.460 e. The summed E-state index contributed by atoms with van der Waals surface area (Å²) in [7, 11) is 0. The van der Waals surface area contributed by atoms with E-state index in [2.05, 4.69) is 15.9 Å². The van der Waals surface area contributed by atoms with Crippen molar-refractivity contribution in [1.82, 2.24) is 0 Å². The molecule has 0 amide bonds. The van der Waals surface area contributed by atoms with Gasteiger partial charge in [0.1, 0.15) is 5.60 Å². The van der Waals surface area contributed by atoms with Crippen molar-refractivity contribution >= 4 is 21.9 Å².